The summed E-state index contributed by atoms with van der Waals surface area (Å²) in [5.74, 6) is 0. The zero-order valence-corrected chi connectivity index (χ0v) is 9.01. The van der Waals surface area contributed by atoms with Crippen molar-refractivity contribution < 1.29 is 0 Å². The molecular formula is C15H13N. The molecule has 0 saturated carbocycles. The first-order valence-electron chi connectivity index (χ1n) is 5.51. The van der Waals surface area contributed by atoms with Crippen LogP contribution in [0.3, 0.4) is 0 Å². The van der Waals surface area contributed by atoms with Crippen LogP contribution in [0.2, 0.25) is 0 Å². The Hall–Kier alpha value is -2.02. The lowest BCUT2D eigenvalue weighted by atomic mass is 10.1. The Kier molecular flexibility index (Phi) is 2.22. The molecule has 0 unspecified atom stereocenters. The van der Waals surface area contributed by atoms with Crippen LogP contribution in [-0.4, -0.2) is 4.40 Å². The van der Waals surface area contributed by atoms with Gasteiger partial charge in [0.05, 0.1) is 0 Å². The van der Waals surface area contributed by atoms with E-state index < -0.39 is 0 Å². The summed E-state index contributed by atoms with van der Waals surface area (Å²) in [7, 11) is 0. The fraction of sp³-hybridized carbons (Fsp3) is 0.0667. The van der Waals surface area contributed by atoms with Gasteiger partial charge in [-0.05, 0) is 41.8 Å². The number of pyridine rings is 1. The Morgan fingerprint density at radius 1 is 0.750 bits per heavy atom. The highest BCUT2D eigenvalue weighted by Gasteiger charge is 1.97. The summed E-state index contributed by atoms with van der Waals surface area (Å²) >= 11 is 0. The van der Waals surface area contributed by atoms with Crippen molar-refractivity contribution in [2.45, 2.75) is 6.42 Å². The average molecular weight is 207 g/mol. The van der Waals surface area contributed by atoms with Gasteiger partial charge in [0.1, 0.15) is 0 Å². The van der Waals surface area contributed by atoms with Gasteiger partial charge in [0.25, 0.3) is 0 Å². The summed E-state index contributed by atoms with van der Waals surface area (Å²) in [6.45, 7) is 0. The Bertz CT molecular complexity index is 593. The van der Waals surface area contributed by atoms with Crippen molar-refractivity contribution in [3.63, 3.8) is 0 Å². The lowest BCUT2D eigenvalue weighted by Crippen LogP contribution is -1.89. The molecule has 16 heavy (non-hydrogen) atoms. The summed E-state index contributed by atoms with van der Waals surface area (Å²) in [6.07, 6.45) is 5.19. The van der Waals surface area contributed by atoms with E-state index in [1.807, 2.05) is 0 Å². The van der Waals surface area contributed by atoms with Crippen LogP contribution >= 0.6 is 0 Å². The molecule has 1 heteroatoms. The number of aromatic nitrogens is 1. The number of nitrogens with zero attached hydrogens (tertiary/aromatic N) is 1. The SMILES string of the molecule is c1ccc(Cc2ccn3cccc3c2)cc1. The minimum Gasteiger partial charge on any atom is -0.324 e. The van der Waals surface area contributed by atoms with E-state index in [0.29, 0.717) is 0 Å². The molecule has 78 valence electrons. The van der Waals surface area contributed by atoms with E-state index >= 15 is 0 Å². The van der Waals surface area contributed by atoms with Crippen molar-refractivity contribution in [3.8, 4) is 0 Å². The monoisotopic (exact) mass is 207 g/mol. The molecule has 0 atom stereocenters. The Balaban J connectivity index is 1.94. The summed E-state index contributed by atoms with van der Waals surface area (Å²) in [5, 5.41) is 0. The van der Waals surface area contributed by atoms with Crippen LogP contribution in [0.4, 0.5) is 0 Å². The first kappa shape index (κ1) is 9.22. The molecule has 1 aromatic carbocycles. The third-order valence-electron chi connectivity index (χ3n) is 2.85. The molecule has 0 aliphatic rings. The maximum Gasteiger partial charge on any atom is 0.0452 e. The highest BCUT2D eigenvalue weighted by Crippen LogP contribution is 2.12. The largest absolute Gasteiger partial charge is 0.324 e. The Labute approximate surface area is 95.0 Å². The zero-order valence-electron chi connectivity index (χ0n) is 9.01. The first-order valence-corrected chi connectivity index (χ1v) is 5.51. The molecule has 0 aliphatic carbocycles. The quantitative estimate of drug-likeness (QED) is 0.605. The topological polar surface area (TPSA) is 4.41 Å². The first-order chi connectivity index (χ1) is 7.92. The van der Waals surface area contributed by atoms with Crippen LogP contribution in [0.15, 0.2) is 67.0 Å². The highest BCUT2D eigenvalue weighted by atomic mass is 14.8. The van der Waals surface area contributed by atoms with Gasteiger partial charge in [0, 0.05) is 17.9 Å². The van der Waals surface area contributed by atoms with Crippen LogP contribution < -0.4 is 0 Å². The smallest absolute Gasteiger partial charge is 0.0452 e. The molecule has 0 N–H and O–H groups in total. The summed E-state index contributed by atoms with van der Waals surface area (Å²) in [5.41, 5.74) is 3.98. The average Bonchev–Trinajstić information content (AvgIpc) is 2.77. The zero-order chi connectivity index (χ0) is 10.8. The number of benzene rings is 1. The maximum atomic E-state index is 2.24. The molecule has 2 aromatic heterocycles. The van der Waals surface area contributed by atoms with E-state index in [1.54, 1.807) is 0 Å². The van der Waals surface area contributed by atoms with E-state index in [-0.39, 0.29) is 0 Å². The van der Waals surface area contributed by atoms with Crippen LogP contribution in [0.1, 0.15) is 11.1 Å². The number of rotatable bonds is 2. The number of hydrogen-bond acceptors (Lipinski definition) is 0. The molecular weight excluding hydrogens is 194 g/mol. The molecule has 0 fully saturated rings. The van der Waals surface area contributed by atoms with Crippen LogP contribution in [0, 0.1) is 0 Å². The second-order valence-electron chi connectivity index (χ2n) is 4.04. The summed E-state index contributed by atoms with van der Waals surface area (Å²) in [4.78, 5) is 0. The highest BCUT2D eigenvalue weighted by molar-refractivity contribution is 5.50. The fourth-order valence-electron chi connectivity index (χ4n) is 2.02. The van der Waals surface area contributed by atoms with Gasteiger partial charge in [0.15, 0.2) is 0 Å². The van der Waals surface area contributed by atoms with Crippen LogP contribution in [-0.2, 0) is 6.42 Å². The molecule has 0 spiro atoms. The molecule has 0 saturated heterocycles. The maximum absolute atomic E-state index is 2.24. The molecule has 3 rings (SSSR count). The van der Waals surface area contributed by atoms with Crippen LogP contribution in [0.5, 0.6) is 0 Å². The van der Waals surface area contributed by atoms with Crippen molar-refractivity contribution >= 4 is 5.52 Å². The molecule has 0 bridgehead atoms. The van der Waals surface area contributed by atoms with Gasteiger partial charge in [-0.2, -0.15) is 0 Å². The van der Waals surface area contributed by atoms with Crippen molar-refractivity contribution in [2.24, 2.45) is 0 Å². The van der Waals surface area contributed by atoms with Crippen molar-refractivity contribution in [3.05, 3.63) is 78.1 Å². The van der Waals surface area contributed by atoms with Gasteiger partial charge in [-0.25, -0.2) is 0 Å². The number of hydrogen-bond donors (Lipinski definition) is 0. The molecule has 2 heterocycles. The van der Waals surface area contributed by atoms with Crippen molar-refractivity contribution in [1.82, 2.24) is 4.40 Å². The van der Waals surface area contributed by atoms with E-state index in [4.69, 9.17) is 0 Å². The van der Waals surface area contributed by atoms with Crippen LogP contribution in [0.25, 0.3) is 5.52 Å². The van der Waals surface area contributed by atoms with Gasteiger partial charge < -0.3 is 4.40 Å². The standard InChI is InChI=1S/C15H13N/c1-2-5-13(6-3-1)11-14-8-10-16-9-4-7-15(16)12-14/h1-10,12H,11H2. The minimum absolute atomic E-state index is 1.00. The molecule has 1 nitrogen and oxygen atoms in total. The lowest BCUT2D eigenvalue weighted by molar-refractivity contribution is 1.13. The number of fused-ring (bicyclic) bond motifs is 1. The summed E-state index contributed by atoms with van der Waals surface area (Å²) in [6, 6.07) is 19.2. The Morgan fingerprint density at radius 2 is 1.62 bits per heavy atom. The van der Waals surface area contributed by atoms with Crippen molar-refractivity contribution in [1.29, 1.82) is 0 Å². The predicted molar refractivity (Wildman–Crippen MR) is 66.6 cm³/mol. The van der Waals surface area contributed by atoms with Crippen molar-refractivity contribution in [2.75, 3.05) is 0 Å². The third kappa shape index (κ3) is 1.72. The third-order valence-corrected chi connectivity index (χ3v) is 2.85. The second kappa shape index (κ2) is 3.86. The molecule has 0 aliphatic heterocycles. The molecule has 0 amide bonds. The van der Waals surface area contributed by atoms with Gasteiger partial charge in [-0.15, -0.1) is 0 Å². The molecule has 3 aromatic rings. The van der Waals surface area contributed by atoms with Gasteiger partial charge in [-0.3, -0.25) is 0 Å². The summed E-state index contributed by atoms with van der Waals surface area (Å²) < 4.78 is 2.13. The normalized spacial score (nSPS) is 10.8. The van der Waals surface area contributed by atoms with E-state index in [9.17, 15) is 0 Å². The second-order valence-corrected chi connectivity index (χ2v) is 4.04. The van der Waals surface area contributed by atoms with Gasteiger partial charge >= 0.3 is 0 Å². The Morgan fingerprint density at radius 3 is 2.50 bits per heavy atom. The van der Waals surface area contributed by atoms with Gasteiger partial charge in [0.2, 0.25) is 0 Å². The fourth-order valence-corrected chi connectivity index (χ4v) is 2.02. The molecule has 0 radical (unpaired) electrons. The minimum atomic E-state index is 1.00. The predicted octanol–water partition coefficient (Wildman–Crippen LogP) is 3.53. The van der Waals surface area contributed by atoms with E-state index in [1.165, 1.54) is 16.6 Å². The van der Waals surface area contributed by atoms with E-state index in [2.05, 4.69) is 71.4 Å². The van der Waals surface area contributed by atoms with E-state index in [0.717, 1.165) is 6.42 Å². The lowest BCUT2D eigenvalue weighted by Gasteiger charge is -2.03. The van der Waals surface area contributed by atoms with Gasteiger partial charge in [-0.1, -0.05) is 30.3 Å².